The number of nitrogens with one attached hydrogen (secondary N) is 1. The molecule has 10 heteroatoms. The van der Waals surface area contributed by atoms with Crippen LogP contribution < -0.4 is 16.8 Å². The second-order valence-corrected chi connectivity index (χ2v) is 8.55. The molecule has 0 aromatic heterocycles. The Kier molecular flexibility index (Phi) is 11.6. The third-order valence-electron chi connectivity index (χ3n) is 4.15. The minimum Gasteiger partial charge on any atom is -0.380 e. The Hall–Kier alpha value is -2.04. The minimum absolute atomic E-state index is 0.00604. The number of hydrogen-bond acceptors (Lipinski definition) is 7. The van der Waals surface area contributed by atoms with Gasteiger partial charge in [-0.3, -0.25) is 9.59 Å². The quantitative estimate of drug-likeness (QED) is 0.306. The SMILES string of the molecule is CN(C(=O)CCN)N(C(=O)CCN)C(=O)NCC(C)(C)COCC(C)(C)CC=O. The van der Waals surface area contributed by atoms with Gasteiger partial charge in [0, 0.05) is 51.4 Å². The van der Waals surface area contributed by atoms with Crippen molar-refractivity contribution in [2.24, 2.45) is 22.3 Å². The standard InChI is InChI=1S/C19H37N5O5/c1-18(2,8-11-25)13-29-14-19(3,4)12-22-17(28)24(16(27)7-10-21)23(5)15(26)6-9-20/h11H,6-10,12-14,20-21H2,1-5H3,(H,22,28). The number of ether oxygens (including phenoxy) is 1. The molecule has 0 unspecified atom stereocenters. The molecule has 0 saturated heterocycles. The van der Waals surface area contributed by atoms with Crippen LogP contribution >= 0.6 is 0 Å². The predicted octanol–water partition coefficient (Wildman–Crippen LogP) is 0.254. The summed E-state index contributed by atoms with van der Waals surface area (Å²) in [5.74, 6) is -1.03. The van der Waals surface area contributed by atoms with Gasteiger partial charge in [0.05, 0.1) is 13.2 Å². The van der Waals surface area contributed by atoms with Crippen molar-refractivity contribution in [1.82, 2.24) is 15.3 Å². The Morgan fingerprint density at radius 3 is 2.00 bits per heavy atom. The highest BCUT2D eigenvalue weighted by Crippen LogP contribution is 2.21. The van der Waals surface area contributed by atoms with Gasteiger partial charge in [-0.2, -0.15) is 5.01 Å². The molecule has 0 aromatic carbocycles. The van der Waals surface area contributed by atoms with Crippen LogP contribution in [0, 0.1) is 10.8 Å². The van der Waals surface area contributed by atoms with Crippen molar-refractivity contribution in [1.29, 1.82) is 0 Å². The van der Waals surface area contributed by atoms with Gasteiger partial charge in [0.1, 0.15) is 6.29 Å². The van der Waals surface area contributed by atoms with Gasteiger partial charge in [-0.05, 0) is 5.41 Å². The van der Waals surface area contributed by atoms with Crippen LogP contribution in [0.3, 0.4) is 0 Å². The summed E-state index contributed by atoms with van der Waals surface area (Å²) in [7, 11) is 1.34. The number of urea groups is 1. The molecule has 168 valence electrons. The first kappa shape index (κ1) is 27.0. The molecule has 0 aromatic rings. The van der Waals surface area contributed by atoms with Crippen LogP contribution in [0.25, 0.3) is 0 Å². The van der Waals surface area contributed by atoms with Gasteiger partial charge in [-0.15, -0.1) is 0 Å². The fourth-order valence-electron chi connectivity index (χ4n) is 2.37. The van der Waals surface area contributed by atoms with E-state index in [2.05, 4.69) is 5.32 Å². The highest BCUT2D eigenvalue weighted by atomic mass is 16.5. The van der Waals surface area contributed by atoms with Gasteiger partial charge in [-0.1, -0.05) is 27.7 Å². The maximum absolute atomic E-state index is 12.6. The predicted molar refractivity (Wildman–Crippen MR) is 109 cm³/mol. The first-order valence-electron chi connectivity index (χ1n) is 9.69. The molecule has 29 heavy (non-hydrogen) atoms. The summed E-state index contributed by atoms with van der Waals surface area (Å²) < 4.78 is 5.73. The number of rotatable bonds is 12. The van der Waals surface area contributed by atoms with Crippen LogP contribution in [0.4, 0.5) is 4.79 Å². The summed E-state index contributed by atoms with van der Waals surface area (Å²) in [5, 5.41) is 4.40. The number of aldehydes is 1. The van der Waals surface area contributed by atoms with Crippen molar-refractivity contribution in [3.8, 4) is 0 Å². The lowest BCUT2D eigenvalue weighted by atomic mass is 9.91. The fraction of sp³-hybridized carbons (Fsp3) is 0.789. The first-order chi connectivity index (χ1) is 13.4. The van der Waals surface area contributed by atoms with Crippen molar-refractivity contribution < 1.29 is 23.9 Å². The van der Waals surface area contributed by atoms with Gasteiger partial charge in [0.2, 0.25) is 5.91 Å². The lowest BCUT2D eigenvalue weighted by molar-refractivity contribution is -0.154. The van der Waals surface area contributed by atoms with Crippen molar-refractivity contribution in [2.75, 3.05) is 39.9 Å². The summed E-state index contributed by atoms with van der Waals surface area (Å²) in [4.78, 5) is 47.7. The van der Waals surface area contributed by atoms with Crippen LogP contribution in [0.15, 0.2) is 0 Å². The number of imide groups is 1. The number of hydrogen-bond donors (Lipinski definition) is 3. The molecular weight excluding hydrogens is 378 g/mol. The molecular formula is C19H37N5O5. The molecule has 0 atom stereocenters. The Morgan fingerprint density at radius 2 is 1.48 bits per heavy atom. The smallest absolute Gasteiger partial charge is 0.343 e. The lowest BCUT2D eigenvalue weighted by Gasteiger charge is -2.32. The molecule has 5 N–H and O–H groups in total. The second kappa shape index (κ2) is 12.5. The van der Waals surface area contributed by atoms with Crippen LogP contribution in [-0.2, 0) is 19.1 Å². The van der Waals surface area contributed by atoms with Gasteiger partial charge >= 0.3 is 6.03 Å². The molecule has 0 bridgehead atoms. The van der Waals surface area contributed by atoms with Gasteiger partial charge in [0.25, 0.3) is 5.91 Å². The van der Waals surface area contributed by atoms with Gasteiger partial charge in [-0.25, -0.2) is 9.80 Å². The average Bonchev–Trinajstić information content (AvgIpc) is 2.60. The molecule has 0 aliphatic heterocycles. The molecule has 0 radical (unpaired) electrons. The van der Waals surface area contributed by atoms with Crippen molar-refractivity contribution in [3.63, 3.8) is 0 Å². The van der Waals surface area contributed by atoms with E-state index in [4.69, 9.17) is 16.2 Å². The summed E-state index contributed by atoms with van der Waals surface area (Å²) >= 11 is 0. The van der Waals surface area contributed by atoms with E-state index in [0.29, 0.717) is 19.6 Å². The molecule has 0 fully saturated rings. The number of carbonyl (C=O) groups excluding carboxylic acids is 4. The van der Waals surface area contributed by atoms with E-state index in [1.165, 1.54) is 7.05 Å². The maximum atomic E-state index is 12.6. The molecule has 4 amide bonds. The van der Waals surface area contributed by atoms with Crippen LogP contribution in [0.2, 0.25) is 0 Å². The van der Waals surface area contributed by atoms with E-state index < -0.39 is 23.3 Å². The highest BCUT2D eigenvalue weighted by molar-refractivity contribution is 5.96. The number of nitrogens with two attached hydrogens (primary N) is 2. The van der Waals surface area contributed by atoms with E-state index in [0.717, 1.165) is 16.3 Å². The fourth-order valence-corrected chi connectivity index (χ4v) is 2.37. The van der Waals surface area contributed by atoms with Gasteiger partial charge in [0.15, 0.2) is 0 Å². The van der Waals surface area contributed by atoms with E-state index in [1.807, 2.05) is 27.7 Å². The Morgan fingerprint density at radius 1 is 0.966 bits per heavy atom. The molecule has 0 saturated carbocycles. The molecule has 0 rings (SSSR count). The third-order valence-corrected chi connectivity index (χ3v) is 4.15. The number of hydrazine groups is 1. The lowest BCUT2D eigenvalue weighted by Crippen LogP contribution is -2.56. The Bertz CT molecular complexity index is 565. The van der Waals surface area contributed by atoms with E-state index in [-0.39, 0.29) is 37.9 Å². The summed E-state index contributed by atoms with van der Waals surface area (Å²) in [6, 6.07) is -0.717. The largest absolute Gasteiger partial charge is 0.380 e. The highest BCUT2D eigenvalue weighted by Gasteiger charge is 2.30. The third kappa shape index (κ3) is 10.3. The summed E-state index contributed by atoms with van der Waals surface area (Å²) in [6.07, 6.45) is 1.19. The number of carbonyl (C=O) groups is 4. The van der Waals surface area contributed by atoms with Gasteiger partial charge < -0.3 is 26.3 Å². The monoisotopic (exact) mass is 415 g/mol. The molecule has 0 heterocycles. The van der Waals surface area contributed by atoms with Crippen LogP contribution in [0.1, 0.15) is 47.0 Å². The maximum Gasteiger partial charge on any atom is 0.343 e. The topological polar surface area (TPSA) is 148 Å². The van der Waals surface area contributed by atoms with E-state index >= 15 is 0 Å². The second-order valence-electron chi connectivity index (χ2n) is 8.55. The molecule has 0 aliphatic rings. The summed E-state index contributed by atoms with van der Waals surface area (Å²) in [6.45, 7) is 8.79. The van der Waals surface area contributed by atoms with Crippen LogP contribution in [-0.4, -0.2) is 74.0 Å². The Labute approximate surface area is 173 Å². The zero-order valence-corrected chi connectivity index (χ0v) is 18.3. The average molecular weight is 416 g/mol. The molecule has 10 nitrogen and oxygen atoms in total. The van der Waals surface area contributed by atoms with Crippen molar-refractivity contribution >= 4 is 24.1 Å². The molecule has 0 spiro atoms. The minimum atomic E-state index is -0.717. The zero-order valence-electron chi connectivity index (χ0n) is 18.3. The van der Waals surface area contributed by atoms with Crippen molar-refractivity contribution in [2.45, 2.75) is 47.0 Å². The number of amides is 4. The normalized spacial score (nSPS) is 11.7. The molecule has 0 aliphatic carbocycles. The van der Waals surface area contributed by atoms with E-state index in [9.17, 15) is 19.2 Å². The van der Waals surface area contributed by atoms with Crippen molar-refractivity contribution in [3.05, 3.63) is 0 Å². The number of nitrogens with zero attached hydrogens (tertiary/aromatic N) is 2. The Balaban J connectivity index is 4.92. The van der Waals surface area contributed by atoms with Crippen LogP contribution in [0.5, 0.6) is 0 Å². The van der Waals surface area contributed by atoms with E-state index in [1.54, 1.807) is 0 Å². The first-order valence-corrected chi connectivity index (χ1v) is 9.69. The summed E-state index contributed by atoms with van der Waals surface area (Å²) in [5.41, 5.74) is 10.1. The zero-order chi connectivity index (χ0) is 22.7.